The average Bonchev–Trinajstić information content (AvgIpc) is 3.29. The molecule has 2 amide bonds. The number of amides is 2. The lowest BCUT2D eigenvalue weighted by Gasteiger charge is -2.15. The molecule has 2 aromatic rings. The van der Waals surface area contributed by atoms with Crippen LogP contribution >= 0.6 is 11.3 Å². The van der Waals surface area contributed by atoms with Crippen LogP contribution in [0.3, 0.4) is 0 Å². The number of benzene rings is 1. The molecule has 1 aliphatic heterocycles. The van der Waals surface area contributed by atoms with Crippen molar-refractivity contribution in [1.82, 2.24) is 15.2 Å². The molecule has 1 aromatic carbocycles. The zero-order valence-electron chi connectivity index (χ0n) is 15.3. The largest absolute Gasteiger partial charge is 0.497 e. The van der Waals surface area contributed by atoms with Gasteiger partial charge in [-0.1, -0.05) is 0 Å². The van der Waals surface area contributed by atoms with Gasteiger partial charge in [-0.25, -0.2) is 4.98 Å². The molecule has 0 bridgehead atoms. The first-order valence-electron chi connectivity index (χ1n) is 9.30. The van der Waals surface area contributed by atoms with E-state index in [1.165, 1.54) is 0 Å². The van der Waals surface area contributed by atoms with Crippen molar-refractivity contribution in [3.05, 3.63) is 34.7 Å². The molecule has 1 unspecified atom stereocenters. The maximum absolute atomic E-state index is 12.3. The van der Waals surface area contributed by atoms with E-state index in [-0.39, 0.29) is 17.7 Å². The molecule has 1 aromatic heterocycles. The summed E-state index contributed by atoms with van der Waals surface area (Å²) < 4.78 is 5.18. The summed E-state index contributed by atoms with van der Waals surface area (Å²) in [4.78, 5) is 30.8. The summed E-state index contributed by atoms with van der Waals surface area (Å²) in [5.41, 5.74) is 1.98. The second-order valence-electron chi connectivity index (χ2n) is 7.07. The zero-order valence-corrected chi connectivity index (χ0v) is 16.1. The average molecular weight is 385 g/mol. The number of aromatic nitrogens is 1. The number of rotatable bonds is 7. The van der Waals surface area contributed by atoms with Crippen LogP contribution in [0.15, 0.2) is 29.6 Å². The summed E-state index contributed by atoms with van der Waals surface area (Å²) in [6.07, 6.45) is 3.21. The molecule has 1 saturated heterocycles. The Morgan fingerprint density at radius 2 is 2.11 bits per heavy atom. The van der Waals surface area contributed by atoms with E-state index in [0.29, 0.717) is 32.0 Å². The normalized spacial score (nSPS) is 19.4. The van der Waals surface area contributed by atoms with Crippen LogP contribution in [0.5, 0.6) is 5.75 Å². The van der Waals surface area contributed by atoms with Gasteiger partial charge in [0.2, 0.25) is 11.8 Å². The Bertz CT molecular complexity index is 829. The van der Waals surface area contributed by atoms with Crippen LogP contribution < -0.4 is 10.1 Å². The van der Waals surface area contributed by atoms with E-state index in [9.17, 15) is 9.59 Å². The molecule has 1 saturated carbocycles. The first kappa shape index (κ1) is 18.0. The Kier molecular flexibility index (Phi) is 5.11. The Morgan fingerprint density at radius 3 is 2.81 bits per heavy atom. The molecule has 1 aliphatic carbocycles. The standard InChI is InChI=1S/C20H23N3O3S/c1-26-16-6-2-13(3-7-16)17-12-27-18(22-17)8-9-21-20(25)14-10-19(24)23(11-14)15-4-5-15/h2-3,6-7,12,14-15H,4-5,8-11H2,1H3,(H,21,25). The van der Waals surface area contributed by atoms with E-state index in [1.807, 2.05) is 34.5 Å². The summed E-state index contributed by atoms with van der Waals surface area (Å²) in [5, 5.41) is 5.99. The monoisotopic (exact) mass is 385 g/mol. The third-order valence-electron chi connectivity index (χ3n) is 5.09. The van der Waals surface area contributed by atoms with Crippen molar-refractivity contribution in [2.45, 2.75) is 31.7 Å². The fourth-order valence-electron chi connectivity index (χ4n) is 3.40. The maximum atomic E-state index is 12.3. The molecule has 2 aliphatic rings. The second-order valence-corrected chi connectivity index (χ2v) is 8.02. The van der Waals surface area contributed by atoms with Gasteiger partial charge in [0.05, 0.1) is 23.7 Å². The third kappa shape index (κ3) is 4.13. The minimum atomic E-state index is -0.204. The van der Waals surface area contributed by atoms with Gasteiger partial charge in [0.15, 0.2) is 0 Å². The number of nitrogens with one attached hydrogen (secondary N) is 1. The van der Waals surface area contributed by atoms with Crippen LogP contribution in [-0.2, 0) is 16.0 Å². The highest BCUT2D eigenvalue weighted by Crippen LogP contribution is 2.32. The first-order valence-corrected chi connectivity index (χ1v) is 10.2. The summed E-state index contributed by atoms with van der Waals surface area (Å²) in [6, 6.07) is 8.21. The number of methoxy groups -OCH3 is 1. The number of ether oxygens (including phenoxy) is 1. The van der Waals surface area contributed by atoms with Crippen molar-refractivity contribution in [1.29, 1.82) is 0 Å². The Morgan fingerprint density at radius 1 is 1.33 bits per heavy atom. The summed E-state index contributed by atoms with van der Waals surface area (Å²) in [5.74, 6) is 0.729. The van der Waals surface area contributed by atoms with Crippen molar-refractivity contribution >= 4 is 23.2 Å². The highest BCUT2D eigenvalue weighted by molar-refractivity contribution is 7.09. The van der Waals surface area contributed by atoms with Crippen LogP contribution in [0.1, 0.15) is 24.3 Å². The molecule has 4 rings (SSSR count). The van der Waals surface area contributed by atoms with E-state index in [0.717, 1.165) is 34.9 Å². The quantitative estimate of drug-likeness (QED) is 0.795. The highest BCUT2D eigenvalue weighted by Gasteiger charge is 2.41. The number of carbonyl (C=O) groups is 2. The first-order chi connectivity index (χ1) is 13.1. The molecule has 6 nitrogen and oxygen atoms in total. The molecule has 1 atom stereocenters. The minimum Gasteiger partial charge on any atom is -0.497 e. The molecular formula is C20H23N3O3S. The molecule has 142 valence electrons. The third-order valence-corrected chi connectivity index (χ3v) is 6.00. The van der Waals surface area contributed by atoms with Crippen molar-refractivity contribution < 1.29 is 14.3 Å². The minimum absolute atomic E-state index is 0.0153. The molecule has 1 N–H and O–H groups in total. The van der Waals surface area contributed by atoms with Gasteiger partial charge in [-0.3, -0.25) is 9.59 Å². The number of nitrogens with zero attached hydrogens (tertiary/aromatic N) is 2. The van der Waals surface area contributed by atoms with Gasteiger partial charge >= 0.3 is 0 Å². The van der Waals surface area contributed by atoms with Gasteiger partial charge < -0.3 is 15.0 Å². The maximum Gasteiger partial charge on any atom is 0.225 e. The lowest BCUT2D eigenvalue weighted by atomic mass is 10.1. The van der Waals surface area contributed by atoms with Crippen LogP contribution in [0.2, 0.25) is 0 Å². The Balaban J connectivity index is 1.26. The van der Waals surface area contributed by atoms with Gasteiger partial charge in [-0.2, -0.15) is 0 Å². The molecule has 0 radical (unpaired) electrons. The SMILES string of the molecule is COc1ccc(-c2csc(CCNC(=O)C3CC(=O)N(C4CC4)C3)n2)cc1. The van der Waals surface area contributed by atoms with Crippen LogP contribution in [0, 0.1) is 5.92 Å². The predicted molar refractivity (Wildman–Crippen MR) is 104 cm³/mol. The molecular weight excluding hydrogens is 362 g/mol. The van der Waals surface area contributed by atoms with Gasteiger partial charge in [0, 0.05) is 42.9 Å². The van der Waals surface area contributed by atoms with Gasteiger partial charge in [-0.15, -0.1) is 11.3 Å². The van der Waals surface area contributed by atoms with Crippen LogP contribution in [0.25, 0.3) is 11.3 Å². The van der Waals surface area contributed by atoms with E-state index in [2.05, 4.69) is 10.3 Å². The fourth-order valence-corrected chi connectivity index (χ4v) is 4.21. The Hall–Kier alpha value is -2.41. The summed E-state index contributed by atoms with van der Waals surface area (Å²) >= 11 is 1.60. The van der Waals surface area contributed by atoms with Crippen molar-refractivity contribution in [2.24, 2.45) is 5.92 Å². The smallest absolute Gasteiger partial charge is 0.225 e. The molecule has 27 heavy (non-hydrogen) atoms. The van der Waals surface area contributed by atoms with Crippen LogP contribution in [-0.4, -0.2) is 47.9 Å². The van der Waals surface area contributed by atoms with E-state index < -0.39 is 0 Å². The van der Waals surface area contributed by atoms with Gasteiger partial charge in [0.1, 0.15) is 5.75 Å². The van der Waals surface area contributed by atoms with E-state index in [4.69, 9.17) is 4.74 Å². The lowest BCUT2D eigenvalue weighted by Crippen LogP contribution is -2.34. The highest BCUT2D eigenvalue weighted by atomic mass is 32.1. The number of likely N-dealkylation sites (tertiary alicyclic amines) is 1. The summed E-state index contributed by atoms with van der Waals surface area (Å²) in [6.45, 7) is 1.12. The Labute approximate surface area is 162 Å². The van der Waals surface area contributed by atoms with Crippen LogP contribution in [0.4, 0.5) is 0 Å². The fraction of sp³-hybridized carbons (Fsp3) is 0.450. The van der Waals surface area contributed by atoms with Gasteiger partial charge in [0.25, 0.3) is 0 Å². The molecule has 0 spiro atoms. The topological polar surface area (TPSA) is 71.5 Å². The molecule has 2 fully saturated rings. The van der Waals surface area contributed by atoms with Crippen molar-refractivity contribution in [3.8, 4) is 17.0 Å². The zero-order chi connectivity index (χ0) is 18.8. The molecule has 2 heterocycles. The summed E-state index contributed by atoms with van der Waals surface area (Å²) in [7, 11) is 1.65. The number of hydrogen-bond donors (Lipinski definition) is 1. The number of carbonyl (C=O) groups excluding carboxylic acids is 2. The van der Waals surface area contributed by atoms with E-state index in [1.54, 1.807) is 18.4 Å². The number of hydrogen-bond acceptors (Lipinski definition) is 5. The lowest BCUT2D eigenvalue weighted by molar-refractivity contribution is -0.129. The van der Waals surface area contributed by atoms with Crippen molar-refractivity contribution in [2.75, 3.05) is 20.2 Å². The second kappa shape index (κ2) is 7.68. The number of thiazole rings is 1. The predicted octanol–water partition coefficient (Wildman–Crippen LogP) is 2.49. The van der Waals surface area contributed by atoms with E-state index >= 15 is 0 Å². The van der Waals surface area contributed by atoms with Gasteiger partial charge in [-0.05, 0) is 37.1 Å². The van der Waals surface area contributed by atoms with Crippen molar-refractivity contribution in [3.63, 3.8) is 0 Å². The molecule has 7 heteroatoms.